The van der Waals surface area contributed by atoms with Crippen molar-refractivity contribution in [2.45, 2.75) is 76.9 Å². The van der Waals surface area contributed by atoms with Crippen LogP contribution in [0.1, 0.15) is 75.3 Å². The molecule has 1 saturated heterocycles. The lowest BCUT2D eigenvalue weighted by Gasteiger charge is -2.50. The highest BCUT2D eigenvalue weighted by molar-refractivity contribution is 5.41. The minimum atomic E-state index is -0.0530. The lowest BCUT2D eigenvalue weighted by atomic mass is 9.54. The van der Waals surface area contributed by atoms with Gasteiger partial charge in [-0.25, -0.2) is 0 Å². The molecule has 4 aliphatic rings. The average molecular weight is 365 g/mol. The molecule has 2 nitrogen and oxygen atoms in total. The van der Waals surface area contributed by atoms with Crippen LogP contribution in [0.4, 0.5) is 0 Å². The molecule has 1 aromatic carbocycles. The number of rotatable bonds is 2. The van der Waals surface area contributed by atoms with Gasteiger partial charge >= 0.3 is 0 Å². The molecule has 2 saturated carbocycles. The van der Waals surface area contributed by atoms with Crippen molar-refractivity contribution in [1.29, 1.82) is 0 Å². The van der Waals surface area contributed by atoms with E-state index in [1.165, 1.54) is 50.5 Å². The van der Waals surface area contributed by atoms with Gasteiger partial charge in [-0.2, -0.15) is 0 Å². The Kier molecular flexibility index (Phi) is 4.47. The molecule has 0 radical (unpaired) electrons. The zero-order valence-electron chi connectivity index (χ0n) is 16.6. The molecular weight excluding hydrogens is 332 g/mol. The predicted octanol–water partition coefficient (Wildman–Crippen LogP) is 5.70. The normalized spacial score (nSPS) is 40.4. The minimum absolute atomic E-state index is 0.0530. The van der Waals surface area contributed by atoms with Crippen LogP contribution < -0.4 is 4.74 Å². The molecule has 3 aliphatic carbocycles. The Morgan fingerprint density at radius 3 is 2.89 bits per heavy atom. The second-order valence-electron chi connectivity index (χ2n) is 9.53. The second-order valence-corrected chi connectivity index (χ2v) is 9.53. The third-order valence-corrected chi connectivity index (χ3v) is 8.30. The van der Waals surface area contributed by atoms with Crippen LogP contribution in [-0.4, -0.2) is 12.9 Å². The van der Waals surface area contributed by atoms with Gasteiger partial charge in [0.05, 0.1) is 6.61 Å². The standard InChI is InChI=1S/C25H32O2/c1-3-18-8-12-23-22-10-7-17-16-19(27-24-6-4-5-15-26-24)9-11-20(17)21(22)13-14-25(18,23)2/h1,9,11,16,18,21-24H,4-8,10,12-15H2,2H3/t18-,21+,22+,23-,24?,25+/m0/s1. The second kappa shape index (κ2) is 6.85. The van der Waals surface area contributed by atoms with Crippen LogP contribution >= 0.6 is 0 Å². The van der Waals surface area contributed by atoms with Crippen LogP contribution in [0.3, 0.4) is 0 Å². The van der Waals surface area contributed by atoms with E-state index in [1.54, 1.807) is 5.56 Å². The van der Waals surface area contributed by atoms with Gasteiger partial charge in [0.15, 0.2) is 6.29 Å². The molecule has 27 heavy (non-hydrogen) atoms. The highest BCUT2D eigenvalue weighted by Crippen LogP contribution is 2.62. The highest BCUT2D eigenvalue weighted by atomic mass is 16.7. The molecule has 0 aromatic heterocycles. The van der Waals surface area contributed by atoms with E-state index in [9.17, 15) is 0 Å². The van der Waals surface area contributed by atoms with Gasteiger partial charge in [0.25, 0.3) is 0 Å². The molecule has 5 rings (SSSR count). The highest BCUT2D eigenvalue weighted by Gasteiger charge is 2.54. The maximum atomic E-state index is 6.13. The first-order valence-electron chi connectivity index (χ1n) is 11.1. The van der Waals surface area contributed by atoms with Crippen molar-refractivity contribution in [3.63, 3.8) is 0 Å². The SMILES string of the molecule is C#C[C@H]1CC[C@H]2[C@@H]3CCc4cc(OC5CCCCO5)ccc4[C@H]3CC[C@]12C. The molecule has 144 valence electrons. The maximum Gasteiger partial charge on any atom is 0.199 e. The molecular formula is C25H32O2. The summed E-state index contributed by atoms with van der Waals surface area (Å²) in [6.07, 6.45) is 16.9. The van der Waals surface area contributed by atoms with Crippen LogP contribution in [0.15, 0.2) is 18.2 Å². The fraction of sp³-hybridized carbons (Fsp3) is 0.680. The van der Waals surface area contributed by atoms with Gasteiger partial charge in [-0.1, -0.05) is 13.0 Å². The summed E-state index contributed by atoms with van der Waals surface area (Å²) in [5, 5.41) is 0. The molecule has 2 heteroatoms. The van der Waals surface area contributed by atoms with Crippen LogP contribution in [-0.2, 0) is 11.2 Å². The first-order valence-corrected chi connectivity index (χ1v) is 11.1. The van der Waals surface area contributed by atoms with E-state index >= 15 is 0 Å². The van der Waals surface area contributed by atoms with Crippen LogP contribution in [0, 0.1) is 35.5 Å². The third kappa shape index (κ3) is 2.90. The van der Waals surface area contributed by atoms with E-state index in [1.807, 2.05) is 0 Å². The summed E-state index contributed by atoms with van der Waals surface area (Å²) in [4.78, 5) is 0. The van der Waals surface area contributed by atoms with Gasteiger partial charge in [-0.15, -0.1) is 12.3 Å². The Bertz CT molecular complexity index is 741. The lowest BCUT2D eigenvalue weighted by Crippen LogP contribution is -2.42. The maximum absolute atomic E-state index is 6.13. The van der Waals surface area contributed by atoms with Crippen molar-refractivity contribution in [3.8, 4) is 18.1 Å². The summed E-state index contributed by atoms with van der Waals surface area (Å²) in [7, 11) is 0. The molecule has 0 bridgehead atoms. The first-order chi connectivity index (χ1) is 13.2. The van der Waals surface area contributed by atoms with Gasteiger partial charge in [0.1, 0.15) is 5.75 Å². The number of ether oxygens (including phenoxy) is 2. The monoisotopic (exact) mass is 364 g/mol. The molecule has 1 heterocycles. The largest absolute Gasteiger partial charge is 0.465 e. The van der Waals surface area contributed by atoms with Crippen LogP contribution in [0.5, 0.6) is 5.75 Å². The quantitative estimate of drug-likeness (QED) is 0.627. The summed E-state index contributed by atoms with van der Waals surface area (Å²) in [5.41, 5.74) is 3.49. The lowest BCUT2D eigenvalue weighted by molar-refractivity contribution is -0.105. The Balaban J connectivity index is 1.36. The van der Waals surface area contributed by atoms with Crippen molar-refractivity contribution >= 4 is 0 Å². The van der Waals surface area contributed by atoms with E-state index in [-0.39, 0.29) is 6.29 Å². The fourth-order valence-corrected chi connectivity index (χ4v) is 6.86. The summed E-state index contributed by atoms with van der Waals surface area (Å²) in [5.74, 6) is 6.99. The number of hydrogen-bond acceptors (Lipinski definition) is 2. The molecule has 0 amide bonds. The number of benzene rings is 1. The Morgan fingerprint density at radius 2 is 2.07 bits per heavy atom. The summed E-state index contributed by atoms with van der Waals surface area (Å²) >= 11 is 0. The zero-order valence-corrected chi connectivity index (χ0v) is 16.6. The molecule has 6 atom stereocenters. The smallest absolute Gasteiger partial charge is 0.199 e. The van der Waals surface area contributed by atoms with Gasteiger partial charge in [0.2, 0.25) is 0 Å². The van der Waals surface area contributed by atoms with E-state index in [0.717, 1.165) is 43.0 Å². The van der Waals surface area contributed by atoms with Crippen molar-refractivity contribution in [2.75, 3.05) is 6.61 Å². The van der Waals surface area contributed by atoms with E-state index in [4.69, 9.17) is 15.9 Å². The molecule has 1 aliphatic heterocycles. The Morgan fingerprint density at radius 1 is 1.15 bits per heavy atom. The molecule has 3 fully saturated rings. The van der Waals surface area contributed by atoms with E-state index in [2.05, 4.69) is 31.0 Å². The van der Waals surface area contributed by atoms with E-state index in [0.29, 0.717) is 11.3 Å². The Labute approximate surface area is 164 Å². The average Bonchev–Trinajstić information content (AvgIpc) is 3.05. The number of aryl methyl sites for hydroxylation is 1. The summed E-state index contributed by atoms with van der Waals surface area (Å²) < 4.78 is 11.9. The number of terminal acetylenes is 1. The van der Waals surface area contributed by atoms with Crippen molar-refractivity contribution in [2.24, 2.45) is 23.2 Å². The van der Waals surface area contributed by atoms with Gasteiger partial charge in [-0.05, 0) is 97.8 Å². The predicted molar refractivity (Wildman–Crippen MR) is 108 cm³/mol. The molecule has 0 N–H and O–H groups in total. The van der Waals surface area contributed by atoms with Crippen LogP contribution in [0.2, 0.25) is 0 Å². The van der Waals surface area contributed by atoms with Crippen LogP contribution in [0.25, 0.3) is 0 Å². The van der Waals surface area contributed by atoms with Crippen molar-refractivity contribution < 1.29 is 9.47 Å². The Hall–Kier alpha value is -1.46. The summed E-state index contributed by atoms with van der Waals surface area (Å²) in [6.45, 7) is 3.32. The number of hydrogen-bond donors (Lipinski definition) is 0. The molecule has 1 aromatic rings. The first kappa shape index (κ1) is 17.6. The van der Waals surface area contributed by atoms with E-state index < -0.39 is 0 Å². The fourth-order valence-electron chi connectivity index (χ4n) is 6.86. The topological polar surface area (TPSA) is 18.5 Å². The molecule has 0 spiro atoms. The molecule has 1 unspecified atom stereocenters. The van der Waals surface area contributed by atoms with Gasteiger partial charge in [-0.3, -0.25) is 0 Å². The van der Waals surface area contributed by atoms with Gasteiger partial charge in [0, 0.05) is 12.3 Å². The number of fused-ring (bicyclic) bond motifs is 5. The zero-order chi connectivity index (χ0) is 18.4. The van der Waals surface area contributed by atoms with Gasteiger partial charge < -0.3 is 9.47 Å². The van der Waals surface area contributed by atoms with Crippen molar-refractivity contribution in [3.05, 3.63) is 29.3 Å². The minimum Gasteiger partial charge on any atom is -0.465 e. The third-order valence-electron chi connectivity index (χ3n) is 8.30. The van der Waals surface area contributed by atoms with Crippen molar-refractivity contribution in [1.82, 2.24) is 0 Å². The summed E-state index contributed by atoms with van der Waals surface area (Å²) in [6, 6.07) is 6.85.